The molecule has 478 valence electrons. The summed E-state index contributed by atoms with van der Waals surface area (Å²) in [6.07, 6.45) is 47.7. The molecule has 2 aliphatic rings. The van der Waals surface area contributed by atoms with Crippen molar-refractivity contribution in [1.82, 2.24) is 5.32 Å². The predicted molar refractivity (Wildman–Crippen MR) is 328 cm³/mol. The first-order valence-corrected chi connectivity index (χ1v) is 34.1. The standard InChI is InChI=1S/C67H127NO13/c1-3-5-7-9-11-13-15-17-19-21-22-23-24-25-26-27-28-29-30-31-32-33-35-36-38-40-42-44-46-48-50-56(71)55(68-59(72)51-49-47-45-43-41-39-37-34-20-18-16-14-12-10-8-6-4-2)54-78-66-64(77)62(75)65(58(53-70)80-66)81-67-63(76)61(74)60(73)57(52-69)79-67/h12,14,18,20,55-58,60-67,69-71,73-77H,3-11,13,15-17,19,21-54H2,1-2H3,(H,68,72)/b14-12-,20-18-. The molecule has 2 fully saturated rings. The molecule has 12 atom stereocenters. The van der Waals surface area contributed by atoms with Crippen LogP contribution in [0, 0.1) is 0 Å². The fourth-order valence-corrected chi connectivity index (χ4v) is 11.4. The Morgan fingerprint density at radius 3 is 1.26 bits per heavy atom. The van der Waals surface area contributed by atoms with Crippen molar-refractivity contribution in [3.05, 3.63) is 24.3 Å². The summed E-state index contributed by atoms with van der Waals surface area (Å²) < 4.78 is 22.9. The van der Waals surface area contributed by atoms with E-state index in [9.17, 15) is 45.6 Å². The van der Waals surface area contributed by atoms with Gasteiger partial charge in [0, 0.05) is 6.42 Å². The second-order valence-electron chi connectivity index (χ2n) is 24.3. The van der Waals surface area contributed by atoms with E-state index in [1.165, 1.54) is 212 Å². The van der Waals surface area contributed by atoms with Crippen molar-refractivity contribution in [2.45, 2.75) is 376 Å². The van der Waals surface area contributed by atoms with Gasteiger partial charge in [0.05, 0.1) is 32.0 Å². The quantitative estimate of drug-likeness (QED) is 0.0204. The number of carbonyl (C=O) groups is 1. The Morgan fingerprint density at radius 2 is 0.815 bits per heavy atom. The Labute approximate surface area is 494 Å². The summed E-state index contributed by atoms with van der Waals surface area (Å²) >= 11 is 0. The number of amides is 1. The molecule has 14 nitrogen and oxygen atoms in total. The van der Waals surface area contributed by atoms with Crippen LogP contribution in [0.1, 0.15) is 303 Å². The van der Waals surface area contributed by atoms with E-state index in [1.54, 1.807) is 0 Å². The molecule has 0 aromatic heterocycles. The Balaban J connectivity index is 1.66. The molecule has 1 amide bonds. The van der Waals surface area contributed by atoms with Gasteiger partial charge in [-0.15, -0.1) is 0 Å². The number of rotatable bonds is 56. The van der Waals surface area contributed by atoms with Crippen molar-refractivity contribution in [3.63, 3.8) is 0 Å². The molecule has 0 bridgehead atoms. The number of carbonyl (C=O) groups excluding carboxylic acids is 1. The van der Waals surface area contributed by atoms with Gasteiger partial charge in [-0.3, -0.25) is 4.79 Å². The molecule has 0 spiro atoms. The van der Waals surface area contributed by atoms with Crippen molar-refractivity contribution in [2.75, 3.05) is 19.8 Å². The van der Waals surface area contributed by atoms with Gasteiger partial charge in [-0.25, -0.2) is 0 Å². The lowest BCUT2D eigenvalue weighted by Crippen LogP contribution is -2.65. The number of allylic oxidation sites excluding steroid dienone is 4. The summed E-state index contributed by atoms with van der Waals surface area (Å²) in [4.78, 5) is 13.3. The van der Waals surface area contributed by atoms with Crippen molar-refractivity contribution in [2.24, 2.45) is 0 Å². The van der Waals surface area contributed by atoms with E-state index in [0.29, 0.717) is 19.3 Å². The lowest BCUT2D eigenvalue weighted by atomic mass is 9.97. The van der Waals surface area contributed by atoms with Gasteiger partial charge in [0.25, 0.3) is 0 Å². The van der Waals surface area contributed by atoms with E-state index in [2.05, 4.69) is 43.5 Å². The summed E-state index contributed by atoms with van der Waals surface area (Å²) in [5.41, 5.74) is 0. The Morgan fingerprint density at radius 1 is 0.444 bits per heavy atom. The second-order valence-corrected chi connectivity index (χ2v) is 24.3. The van der Waals surface area contributed by atoms with Crippen molar-refractivity contribution >= 4 is 5.91 Å². The van der Waals surface area contributed by atoms with E-state index in [-0.39, 0.29) is 12.5 Å². The van der Waals surface area contributed by atoms with Crippen LogP contribution < -0.4 is 5.32 Å². The van der Waals surface area contributed by atoms with Crippen LogP contribution >= 0.6 is 0 Å². The zero-order valence-electron chi connectivity index (χ0n) is 51.8. The first kappa shape index (κ1) is 75.6. The first-order valence-electron chi connectivity index (χ1n) is 34.1. The van der Waals surface area contributed by atoms with Crippen molar-refractivity contribution in [3.8, 4) is 0 Å². The molecule has 14 heteroatoms. The highest BCUT2D eigenvalue weighted by Gasteiger charge is 2.51. The molecule has 0 radical (unpaired) electrons. The van der Waals surface area contributed by atoms with Crippen molar-refractivity contribution < 1.29 is 64.6 Å². The minimum atomic E-state index is -1.78. The SMILES string of the molecule is CCCCC/C=C\C/C=C\CCCCCCCCCC(=O)NC(COC1OC(CO)C(OC2OC(CO)C(O)C(O)C2O)C(O)C1O)C(O)CCCCCCCCCCCCCCCCCCCCCCCCCCCCCCCC. The molecule has 12 unspecified atom stereocenters. The van der Waals surface area contributed by atoms with Crippen molar-refractivity contribution in [1.29, 1.82) is 0 Å². The number of aliphatic hydroxyl groups is 8. The third kappa shape index (κ3) is 37.6. The van der Waals surface area contributed by atoms with E-state index in [1.807, 2.05) is 0 Å². The number of hydrogen-bond acceptors (Lipinski definition) is 13. The molecule has 0 saturated carbocycles. The molecular formula is C67H127NO13. The largest absolute Gasteiger partial charge is 0.394 e. The Kier molecular flexibility index (Phi) is 49.2. The smallest absolute Gasteiger partial charge is 0.220 e. The fourth-order valence-electron chi connectivity index (χ4n) is 11.4. The van der Waals surface area contributed by atoms with Crippen LogP contribution in [0.25, 0.3) is 0 Å². The highest BCUT2D eigenvalue weighted by atomic mass is 16.7. The maximum absolute atomic E-state index is 13.3. The van der Waals surface area contributed by atoms with Gasteiger partial charge in [-0.05, 0) is 44.9 Å². The van der Waals surface area contributed by atoms with E-state index < -0.39 is 86.8 Å². The summed E-state index contributed by atoms with van der Waals surface area (Å²) in [5.74, 6) is -0.211. The zero-order chi connectivity index (χ0) is 58.8. The summed E-state index contributed by atoms with van der Waals surface area (Å²) in [6.45, 7) is 2.87. The lowest BCUT2D eigenvalue weighted by molar-refractivity contribution is -0.359. The molecule has 0 aromatic rings. The number of hydrogen-bond donors (Lipinski definition) is 9. The van der Waals surface area contributed by atoms with Gasteiger partial charge in [-0.2, -0.15) is 0 Å². The molecular weight excluding hydrogens is 1030 g/mol. The fraction of sp³-hybridized carbons (Fsp3) is 0.925. The van der Waals surface area contributed by atoms with Gasteiger partial charge >= 0.3 is 0 Å². The molecule has 0 aliphatic carbocycles. The third-order valence-corrected chi connectivity index (χ3v) is 16.9. The molecule has 9 N–H and O–H groups in total. The molecule has 2 rings (SSSR count). The van der Waals surface area contributed by atoms with Gasteiger partial charge in [0.2, 0.25) is 5.91 Å². The minimum absolute atomic E-state index is 0.211. The van der Waals surface area contributed by atoms with Crippen LogP contribution in [-0.2, 0) is 23.7 Å². The maximum Gasteiger partial charge on any atom is 0.220 e. The van der Waals surface area contributed by atoms with Gasteiger partial charge in [0.1, 0.15) is 48.8 Å². The second kappa shape index (κ2) is 52.8. The Bertz CT molecular complexity index is 1450. The first-order chi connectivity index (χ1) is 39.6. The number of unbranched alkanes of at least 4 members (excludes halogenated alkanes) is 39. The highest BCUT2D eigenvalue weighted by Crippen LogP contribution is 2.30. The van der Waals surface area contributed by atoms with E-state index in [4.69, 9.17) is 18.9 Å². The molecule has 2 heterocycles. The third-order valence-electron chi connectivity index (χ3n) is 16.9. The maximum atomic E-state index is 13.3. The molecule has 0 aromatic carbocycles. The summed E-state index contributed by atoms with van der Waals surface area (Å²) in [6, 6.07) is -0.833. The monoisotopic (exact) mass is 1150 g/mol. The van der Waals surface area contributed by atoms with Crippen LogP contribution in [0.4, 0.5) is 0 Å². The summed E-state index contributed by atoms with van der Waals surface area (Å²) in [5, 5.41) is 87.5. The molecule has 2 aliphatic heterocycles. The van der Waals surface area contributed by atoms with Gasteiger partial charge in [-0.1, -0.05) is 276 Å². The average Bonchev–Trinajstić information content (AvgIpc) is 3.47. The number of aliphatic hydroxyl groups excluding tert-OH is 8. The minimum Gasteiger partial charge on any atom is -0.394 e. The van der Waals surface area contributed by atoms with Gasteiger partial charge in [0.15, 0.2) is 12.6 Å². The highest BCUT2D eigenvalue weighted by molar-refractivity contribution is 5.76. The van der Waals surface area contributed by atoms with Crippen LogP contribution in [0.5, 0.6) is 0 Å². The number of ether oxygens (including phenoxy) is 4. The Hall–Kier alpha value is -1.53. The lowest BCUT2D eigenvalue weighted by Gasteiger charge is -2.46. The average molecular weight is 1150 g/mol. The van der Waals surface area contributed by atoms with Gasteiger partial charge < -0.3 is 65.1 Å². The number of nitrogens with one attached hydrogen (secondary N) is 1. The van der Waals surface area contributed by atoms with Crippen LogP contribution in [-0.4, -0.2) is 140 Å². The normalized spacial score (nSPS) is 24.2. The van der Waals surface area contributed by atoms with E-state index in [0.717, 1.165) is 57.8 Å². The predicted octanol–water partition coefficient (Wildman–Crippen LogP) is 13.2. The van der Waals surface area contributed by atoms with Crippen LogP contribution in [0.3, 0.4) is 0 Å². The molecule has 81 heavy (non-hydrogen) atoms. The zero-order valence-corrected chi connectivity index (χ0v) is 51.8. The van der Waals surface area contributed by atoms with E-state index >= 15 is 0 Å². The van der Waals surface area contributed by atoms with Crippen LogP contribution in [0.15, 0.2) is 24.3 Å². The summed E-state index contributed by atoms with van der Waals surface area (Å²) in [7, 11) is 0. The molecule has 2 saturated heterocycles. The van der Waals surface area contributed by atoms with Crippen LogP contribution in [0.2, 0.25) is 0 Å². The topological polar surface area (TPSA) is 228 Å².